The van der Waals surface area contributed by atoms with Crippen molar-refractivity contribution >= 4 is 74.1 Å². The molecule has 4 N–H and O–H groups in total. The van der Waals surface area contributed by atoms with E-state index in [1.54, 1.807) is 6.07 Å². The average Bonchev–Trinajstić information content (AvgIpc) is 3.53. The molecule has 1 atom stereocenters. The fourth-order valence-corrected chi connectivity index (χ4v) is 6.85. The number of aliphatic carboxylic acids is 2. The largest absolute Gasteiger partial charge is 2.00 e. The maximum absolute atomic E-state index is 11.7. The van der Waals surface area contributed by atoms with E-state index in [0.717, 1.165) is 68.0 Å². The fourth-order valence-electron chi connectivity index (χ4n) is 6.05. The van der Waals surface area contributed by atoms with Crippen LogP contribution in [-0.4, -0.2) is 37.9 Å². The van der Waals surface area contributed by atoms with Gasteiger partial charge in [0.15, 0.2) is 11.0 Å². The summed E-state index contributed by atoms with van der Waals surface area (Å²) in [5, 5.41) is 19.5. The first-order valence-electron chi connectivity index (χ1n) is 14.6. The number of aryl methyl sites for hydroxylation is 2. The predicted octanol–water partition coefficient (Wildman–Crippen LogP) is 5.58. The van der Waals surface area contributed by atoms with E-state index < -0.39 is 11.9 Å². The molecule has 0 spiro atoms. The fraction of sp³-hybridized carbons (Fsp3) is 0.294. The summed E-state index contributed by atoms with van der Waals surface area (Å²) >= 11 is 1.39. The van der Waals surface area contributed by atoms with Crippen LogP contribution in [0.3, 0.4) is 0 Å². The van der Waals surface area contributed by atoms with Crippen LogP contribution in [0.1, 0.15) is 90.3 Å². The van der Waals surface area contributed by atoms with Crippen LogP contribution in [0.4, 0.5) is 0 Å². The van der Waals surface area contributed by atoms with Gasteiger partial charge in [-0.1, -0.05) is 42.3 Å². The van der Waals surface area contributed by atoms with Crippen LogP contribution < -0.4 is 15.7 Å². The molecule has 8 bridgehead atoms. The first-order valence-corrected chi connectivity index (χ1v) is 15.8. The van der Waals surface area contributed by atoms with Gasteiger partial charge in [0.1, 0.15) is 5.70 Å². The number of hydrogen-bond donors (Lipinski definition) is 3. The van der Waals surface area contributed by atoms with E-state index >= 15 is 0 Å². The Morgan fingerprint density at radius 3 is 2.02 bits per heavy atom. The smallest absolute Gasteiger partial charge is 0.657 e. The molecule has 1 fully saturated rings. The first kappa shape index (κ1) is 32.3. The quantitative estimate of drug-likeness (QED) is 0.0966. The summed E-state index contributed by atoms with van der Waals surface area (Å²) in [6, 6.07) is 7.82. The normalized spacial score (nSPS) is 16.2. The molecule has 11 heteroatoms. The van der Waals surface area contributed by atoms with E-state index in [1.807, 2.05) is 26.0 Å². The third-order valence-corrected chi connectivity index (χ3v) is 9.65. The Labute approximate surface area is 275 Å². The molecule has 6 heterocycles. The molecule has 0 radical (unpaired) electrons. The Bertz CT molecular complexity index is 2030. The predicted molar refractivity (Wildman–Crippen MR) is 177 cm³/mol. The molecule has 0 aromatic carbocycles. The number of hydrogen-bond acceptors (Lipinski definition) is 5. The molecule has 1 saturated heterocycles. The molecule has 0 saturated carbocycles. The molecule has 3 aromatic heterocycles. The van der Waals surface area contributed by atoms with Gasteiger partial charge in [-0.25, -0.2) is 14.8 Å². The van der Waals surface area contributed by atoms with Crippen molar-refractivity contribution in [1.29, 1.82) is 0 Å². The molecule has 3 aromatic rings. The Kier molecular flexibility index (Phi) is 8.90. The van der Waals surface area contributed by atoms with Gasteiger partial charge in [0.05, 0.1) is 22.8 Å². The number of carboxylic acids is 2. The second-order valence-corrected chi connectivity index (χ2v) is 12.8. The number of rotatable bonds is 7. The third-order valence-electron chi connectivity index (χ3n) is 8.67. The van der Waals surface area contributed by atoms with Gasteiger partial charge in [0.2, 0.25) is 0 Å². The topological polar surface area (TPSA) is 155 Å². The minimum atomic E-state index is -1.23. The summed E-state index contributed by atoms with van der Waals surface area (Å²) in [7, 11) is 0. The number of allylic oxidation sites excluding steroid dienone is 4. The summed E-state index contributed by atoms with van der Waals surface area (Å²) < 4.78 is 0. The van der Waals surface area contributed by atoms with Crippen LogP contribution in [-0.2, 0) is 38.4 Å². The Morgan fingerprint density at radius 2 is 1.42 bits per heavy atom. The standard InChI is InChI=1S/C34H35N5O4S.Fe/c1-6-19-15(2)25-12-30-33(31-14-44-31)18(5)26(39-30)10-23-16(3)20(7-8-32(40)41)28(37-23)13-29-21(9-22(35)34(42)43)17(4)24(38-29)11-27(19)36-25;/h9-13,31H,6-8,14H2,1-5H3,(H6,35,36,37,38,39,40,41,42,43);/q;+2/p-1/t31-;/m0./s1. The zero-order valence-corrected chi connectivity index (χ0v) is 27.7. The van der Waals surface area contributed by atoms with Crippen LogP contribution in [0.2, 0.25) is 0 Å². The van der Waals surface area contributed by atoms with E-state index in [2.05, 4.69) is 26.8 Å². The summed E-state index contributed by atoms with van der Waals surface area (Å²) in [5.41, 5.74) is 19.1. The van der Waals surface area contributed by atoms with Crippen LogP contribution in [0, 0.1) is 13.8 Å². The van der Waals surface area contributed by atoms with Crippen molar-refractivity contribution < 1.29 is 36.9 Å². The molecule has 3 aliphatic rings. The summed E-state index contributed by atoms with van der Waals surface area (Å²) in [5.74, 6) is -1.02. The molecular formula is C34H34FeN5O4S+. The van der Waals surface area contributed by atoms with Gasteiger partial charge >= 0.3 is 29.0 Å². The van der Waals surface area contributed by atoms with Crippen LogP contribution >= 0.6 is 0 Å². The number of thiol groups is 1. The van der Waals surface area contributed by atoms with Crippen molar-refractivity contribution in [2.45, 2.75) is 59.1 Å². The molecule has 232 valence electrons. The molecule has 0 unspecified atom stereocenters. The Morgan fingerprint density at radius 1 is 0.889 bits per heavy atom. The van der Waals surface area contributed by atoms with E-state index in [-0.39, 0.29) is 35.6 Å². The van der Waals surface area contributed by atoms with Gasteiger partial charge in [-0.15, -0.1) is 22.1 Å². The molecule has 3 aliphatic heterocycles. The number of fused-ring (bicyclic) bond motifs is 8. The van der Waals surface area contributed by atoms with Gasteiger partial charge in [-0.05, 0) is 91.8 Å². The van der Waals surface area contributed by atoms with Crippen LogP contribution in [0.5, 0.6) is 0 Å². The monoisotopic (exact) mass is 664 g/mol. The SMILES string of the molecule is CCC1=C(C)c2cc3[n-]c(cc4nc(cc5[n-]c(cc1n2)c(C)c5/C=C(/N)C(=O)O)C(CCC(=O)O)=C4C)c(C)c3[C@@H]1C[SH+]1.[Fe+2]. The third kappa shape index (κ3) is 6.00. The van der Waals surface area contributed by atoms with Crippen LogP contribution in [0.25, 0.3) is 50.4 Å². The van der Waals surface area contributed by atoms with Gasteiger partial charge in [-0.2, -0.15) is 0 Å². The van der Waals surface area contributed by atoms with E-state index in [0.29, 0.717) is 33.2 Å². The van der Waals surface area contributed by atoms with Crippen molar-refractivity contribution in [2.75, 3.05) is 5.75 Å². The second kappa shape index (κ2) is 12.4. The van der Waals surface area contributed by atoms with Crippen molar-refractivity contribution in [2.24, 2.45) is 5.73 Å². The molecule has 6 rings (SSSR count). The molecule has 0 aliphatic carbocycles. The van der Waals surface area contributed by atoms with Crippen LogP contribution in [0.15, 0.2) is 30.0 Å². The molecular weight excluding hydrogens is 630 g/mol. The zero-order chi connectivity index (χ0) is 31.4. The summed E-state index contributed by atoms with van der Waals surface area (Å²) in [6.07, 6.45) is 2.43. The van der Waals surface area contributed by atoms with Crippen molar-refractivity contribution in [3.8, 4) is 0 Å². The van der Waals surface area contributed by atoms with E-state index in [9.17, 15) is 19.8 Å². The van der Waals surface area contributed by atoms with Crippen molar-refractivity contribution in [1.82, 2.24) is 19.9 Å². The minimum Gasteiger partial charge on any atom is -0.657 e. The van der Waals surface area contributed by atoms with Gasteiger partial charge in [0.25, 0.3) is 0 Å². The van der Waals surface area contributed by atoms with E-state index in [1.165, 1.54) is 23.4 Å². The molecule has 9 nitrogen and oxygen atoms in total. The number of aromatic nitrogens is 4. The maximum atomic E-state index is 11.7. The Hall–Kier alpha value is -4.05. The zero-order valence-electron chi connectivity index (χ0n) is 25.7. The maximum Gasteiger partial charge on any atom is 2.00 e. The number of carbonyl (C=O) groups is 2. The Balaban J connectivity index is 0.00000400. The number of nitrogens with zero attached hydrogens (tertiary/aromatic N) is 4. The van der Waals surface area contributed by atoms with E-state index in [4.69, 9.17) is 25.7 Å². The molecule has 45 heavy (non-hydrogen) atoms. The van der Waals surface area contributed by atoms with Crippen molar-refractivity contribution in [3.63, 3.8) is 0 Å². The molecule has 0 amide bonds. The summed E-state index contributed by atoms with van der Waals surface area (Å²) in [4.78, 5) is 43.3. The minimum absolute atomic E-state index is 0. The van der Waals surface area contributed by atoms with Gasteiger partial charge in [-0.3, -0.25) is 4.79 Å². The number of nitrogens with two attached hydrogens (primary N) is 1. The average molecular weight is 665 g/mol. The van der Waals surface area contributed by atoms with Gasteiger partial charge in [0, 0.05) is 6.42 Å². The summed E-state index contributed by atoms with van der Waals surface area (Å²) in [6.45, 7) is 10.1. The number of carboxylic acid groups (broad SMARTS) is 2. The first-order chi connectivity index (χ1) is 21.0. The van der Waals surface area contributed by atoms with Gasteiger partial charge < -0.3 is 25.9 Å². The second-order valence-electron chi connectivity index (χ2n) is 11.4. The van der Waals surface area contributed by atoms with Crippen molar-refractivity contribution in [3.05, 3.63) is 75.0 Å².